The van der Waals surface area contributed by atoms with Crippen molar-refractivity contribution in [2.24, 2.45) is 0 Å². The lowest BCUT2D eigenvalue weighted by atomic mass is 9.97. The fourth-order valence-corrected chi connectivity index (χ4v) is 5.78. The lowest BCUT2D eigenvalue weighted by Gasteiger charge is -2.15. The number of para-hydroxylation sites is 1. The van der Waals surface area contributed by atoms with Crippen molar-refractivity contribution in [2.75, 3.05) is 22.6 Å². The molecule has 2 aliphatic rings. The molecule has 0 saturated heterocycles. The smallest absolute Gasteiger partial charge is 0.237 e. The van der Waals surface area contributed by atoms with Crippen LogP contribution in [0, 0.1) is 0 Å². The number of anilines is 5. The number of halogens is 1. The van der Waals surface area contributed by atoms with E-state index >= 15 is 0 Å². The second-order valence-electron chi connectivity index (χ2n) is 8.91. The molecule has 2 N–H and O–H groups in total. The van der Waals surface area contributed by atoms with Crippen LogP contribution in [-0.4, -0.2) is 36.6 Å². The molecule has 8 nitrogen and oxygen atoms in total. The summed E-state index contributed by atoms with van der Waals surface area (Å²) in [5.74, 6) is 0.928. The van der Waals surface area contributed by atoms with Gasteiger partial charge in [-0.25, -0.2) is 13.4 Å². The van der Waals surface area contributed by atoms with E-state index in [-0.39, 0.29) is 16.2 Å². The van der Waals surface area contributed by atoms with Gasteiger partial charge in [-0.15, -0.1) is 0 Å². The number of sulfone groups is 1. The van der Waals surface area contributed by atoms with Crippen LogP contribution in [0.1, 0.15) is 32.3 Å². The average molecular weight is 542 g/mol. The van der Waals surface area contributed by atoms with Gasteiger partial charge >= 0.3 is 0 Å². The van der Waals surface area contributed by atoms with Gasteiger partial charge in [0, 0.05) is 24.6 Å². The van der Waals surface area contributed by atoms with Crippen LogP contribution in [0.15, 0.2) is 58.0 Å². The first-order valence-corrected chi connectivity index (χ1v) is 13.3. The van der Waals surface area contributed by atoms with Crippen molar-refractivity contribution in [1.29, 1.82) is 0 Å². The number of hydrogen-bond acceptors (Lipinski definition) is 7. The SMILES string of the molecule is CC(C)S(=O)(=O)c1ccccc1Nc1nc(Nc2ccc3c(c2)C2(CC2)C(=O)N3C)ncc1Br. The van der Waals surface area contributed by atoms with E-state index in [1.807, 2.05) is 25.2 Å². The van der Waals surface area contributed by atoms with Gasteiger partial charge in [-0.1, -0.05) is 12.1 Å². The van der Waals surface area contributed by atoms with E-state index < -0.39 is 15.1 Å². The van der Waals surface area contributed by atoms with Crippen LogP contribution >= 0.6 is 15.9 Å². The molecule has 176 valence electrons. The van der Waals surface area contributed by atoms with E-state index in [0.29, 0.717) is 21.9 Å². The maximum atomic E-state index is 12.8. The van der Waals surface area contributed by atoms with E-state index in [0.717, 1.165) is 29.8 Å². The summed E-state index contributed by atoms with van der Waals surface area (Å²) >= 11 is 3.45. The molecule has 0 bridgehead atoms. The Hall–Kier alpha value is -2.98. The quantitative estimate of drug-likeness (QED) is 0.456. The van der Waals surface area contributed by atoms with Crippen molar-refractivity contribution in [2.45, 2.75) is 42.2 Å². The van der Waals surface area contributed by atoms with Crippen molar-refractivity contribution in [1.82, 2.24) is 9.97 Å². The van der Waals surface area contributed by atoms with E-state index in [1.165, 1.54) is 0 Å². The number of nitrogens with one attached hydrogen (secondary N) is 2. The van der Waals surface area contributed by atoms with Crippen molar-refractivity contribution >= 4 is 60.5 Å². The van der Waals surface area contributed by atoms with Crippen LogP contribution in [0.4, 0.5) is 28.8 Å². The molecule has 10 heteroatoms. The summed E-state index contributed by atoms with van der Waals surface area (Å²) < 4.78 is 26.2. The monoisotopic (exact) mass is 541 g/mol. The summed E-state index contributed by atoms with van der Waals surface area (Å²) in [4.78, 5) is 23.5. The number of amides is 1. The van der Waals surface area contributed by atoms with Gasteiger partial charge in [-0.2, -0.15) is 4.98 Å². The fraction of sp³-hybridized carbons (Fsp3) is 0.292. The molecule has 0 atom stereocenters. The number of hydrogen-bond donors (Lipinski definition) is 2. The minimum atomic E-state index is -3.49. The summed E-state index contributed by atoms with van der Waals surface area (Å²) in [7, 11) is -1.67. The number of likely N-dealkylation sites (N-methyl/N-ethyl adjacent to an activating group) is 1. The highest BCUT2D eigenvalue weighted by molar-refractivity contribution is 9.10. The number of rotatable bonds is 6. The number of carbonyl (C=O) groups excluding carboxylic acids is 1. The normalized spacial score (nSPS) is 16.1. The maximum Gasteiger partial charge on any atom is 0.237 e. The molecule has 1 saturated carbocycles. The van der Waals surface area contributed by atoms with Crippen LogP contribution < -0.4 is 15.5 Å². The maximum absolute atomic E-state index is 12.8. The second kappa shape index (κ2) is 8.06. The Morgan fingerprint density at radius 1 is 1.12 bits per heavy atom. The standard InChI is InChI=1S/C24H24BrN5O3S/c1-14(2)34(32,33)20-7-5-4-6-18(20)28-21-17(25)13-26-23(29-21)27-15-8-9-19-16(12-15)24(10-11-24)22(31)30(19)3/h4-9,12-14H,10-11H2,1-3H3,(H2,26,27,28,29). The second-order valence-corrected chi connectivity index (χ2v) is 12.2. The molecule has 1 amide bonds. The third-order valence-electron chi connectivity index (χ3n) is 6.41. The topological polar surface area (TPSA) is 104 Å². The zero-order valence-electron chi connectivity index (χ0n) is 19.0. The number of benzene rings is 2. The lowest BCUT2D eigenvalue weighted by molar-refractivity contribution is -0.119. The highest BCUT2D eigenvalue weighted by Gasteiger charge is 2.58. The van der Waals surface area contributed by atoms with Gasteiger partial charge < -0.3 is 15.5 Å². The van der Waals surface area contributed by atoms with Crippen LogP contribution in [-0.2, 0) is 20.0 Å². The molecule has 0 radical (unpaired) electrons. The van der Waals surface area contributed by atoms with E-state index in [2.05, 4.69) is 36.5 Å². The summed E-state index contributed by atoms with van der Waals surface area (Å²) in [6, 6.07) is 12.6. The minimum absolute atomic E-state index is 0.154. The molecular weight excluding hydrogens is 518 g/mol. The lowest BCUT2D eigenvalue weighted by Crippen LogP contribution is -2.27. The zero-order chi connectivity index (χ0) is 24.3. The first-order valence-electron chi connectivity index (χ1n) is 11.0. The fourth-order valence-electron chi connectivity index (χ4n) is 4.29. The predicted molar refractivity (Wildman–Crippen MR) is 136 cm³/mol. The molecule has 1 aliphatic heterocycles. The van der Waals surface area contributed by atoms with Crippen LogP contribution in [0.25, 0.3) is 0 Å². The molecule has 0 unspecified atom stereocenters. The average Bonchev–Trinajstić information content (AvgIpc) is 3.59. The number of nitrogens with zero attached hydrogens (tertiary/aromatic N) is 3. The van der Waals surface area contributed by atoms with Gasteiger partial charge in [0.05, 0.1) is 25.7 Å². The molecular formula is C24H24BrN5O3S. The Labute approximate surface area is 206 Å². The third kappa shape index (κ3) is 3.65. The molecule has 3 aromatic rings. The van der Waals surface area contributed by atoms with Crippen molar-refractivity contribution in [3.8, 4) is 0 Å². The number of fused-ring (bicyclic) bond motifs is 2. The molecule has 2 heterocycles. The van der Waals surface area contributed by atoms with E-state index in [4.69, 9.17) is 0 Å². The summed E-state index contributed by atoms with van der Waals surface area (Å²) in [5, 5.41) is 5.80. The Morgan fingerprint density at radius 3 is 2.56 bits per heavy atom. The van der Waals surface area contributed by atoms with Gasteiger partial charge in [0.1, 0.15) is 5.82 Å². The van der Waals surface area contributed by atoms with Gasteiger partial charge in [-0.3, -0.25) is 4.79 Å². The predicted octanol–water partition coefficient (Wildman–Crippen LogP) is 4.92. The minimum Gasteiger partial charge on any atom is -0.338 e. The van der Waals surface area contributed by atoms with Crippen LogP contribution in [0.3, 0.4) is 0 Å². The molecule has 1 spiro atoms. The van der Waals surface area contributed by atoms with Gasteiger partial charge in [0.25, 0.3) is 0 Å². The largest absolute Gasteiger partial charge is 0.338 e. The molecule has 1 aromatic heterocycles. The van der Waals surface area contributed by atoms with Crippen LogP contribution in [0.2, 0.25) is 0 Å². The highest BCUT2D eigenvalue weighted by Crippen LogP contribution is 2.57. The summed E-state index contributed by atoms with van der Waals surface area (Å²) in [5.41, 5.74) is 2.82. The van der Waals surface area contributed by atoms with E-state index in [1.54, 1.807) is 49.2 Å². The zero-order valence-corrected chi connectivity index (χ0v) is 21.4. The number of carbonyl (C=O) groups is 1. The highest BCUT2D eigenvalue weighted by atomic mass is 79.9. The molecule has 2 aromatic carbocycles. The molecule has 34 heavy (non-hydrogen) atoms. The van der Waals surface area contributed by atoms with Crippen LogP contribution in [0.5, 0.6) is 0 Å². The van der Waals surface area contributed by atoms with Gasteiger partial charge in [0.2, 0.25) is 11.9 Å². The van der Waals surface area contributed by atoms with Crippen molar-refractivity contribution in [3.05, 3.63) is 58.7 Å². The summed E-state index contributed by atoms with van der Waals surface area (Å²) in [6.45, 7) is 3.31. The first kappa shape index (κ1) is 22.8. The molecule has 5 rings (SSSR count). The molecule has 1 fully saturated rings. The Balaban J connectivity index is 1.44. The summed E-state index contributed by atoms with van der Waals surface area (Å²) in [6.07, 6.45) is 3.34. The number of aromatic nitrogens is 2. The first-order chi connectivity index (χ1) is 16.1. The Kier molecular flexibility index (Phi) is 5.40. The van der Waals surface area contributed by atoms with Crippen molar-refractivity contribution < 1.29 is 13.2 Å². The van der Waals surface area contributed by atoms with Gasteiger partial charge in [0.15, 0.2) is 9.84 Å². The van der Waals surface area contributed by atoms with Crippen molar-refractivity contribution in [3.63, 3.8) is 0 Å². The Morgan fingerprint density at radius 2 is 1.85 bits per heavy atom. The molecule has 1 aliphatic carbocycles. The third-order valence-corrected chi connectivity index (χ3v) is 9.20. The van der Waals surface area contributed by atoms with Gasteiger partial charge in [-0.05, 0) is 78.5 Å². The Bertz CT molecular complexity index is 1420. The van der Waals surface area contributed by atoms with E-state index in [9.17, 15) is 13.2 Å².